The van der Waals surface area contributed by atoms with Gasteiger partial charge in [-0.25, -0.2) is 0 Å². The largest absolute Gasteiger partial charge is 0.416 e. The Bertz CT molecular complexity index is 387. The summed E-state index contributed by atoms with van der Waals surface area (Å²) in [5.74, 6) is 0.301. The van der Waals surface area contributed by atoms with E-state index in [9.17, 15) is 13.2 Å². The minimum Gasteiger partial charge on any atom is -0.310 e. The van der Waals surface area contributed by atoms with Gasteiger partial charge in [-0.2, -0.15) is 13.2 Å². The van der Waals surface area contributed by atoms with E-state index in [0.29, 0.717) is 5.92 Å². The molecule has 0 spiro atoms. The zero-order valence-electron chi connectivity index (χ0n) is 11.7. The van der Waals surface area contributed by atoms with Gasteiger partial charge in [0.2, 0.25) is 0 Å². The van der Waals surface area contributed by atoms with Crippen molar-refractivity contribution >= 4 is 0 Å². The van der Waals surface area contributed by atoms with Gasteiger partial charge in [-0.15, -0.1) is 0 Å². The van der Waals surface area contributed by atoms with Crippen molar-refractivity contribution in [2.75, 3.05) is 6.54 Å². The van der Waals surface area contributed by atoms with Crippen molar-refractivity contribution in [3.05, 3.63) is 35.4 Å². The van der Waals surface area contributed by atoms with Crippen molar-refractivity contribution in [3.8, 4) is 0 Å². The molecule has 2 atom stereocenters. The molecule has 19 heavy (non-hydrogen) atoms. The van der Waals surface area contributed by atoms with Gasteiger partial charge < -0.3 is 5.32 Å². The summed E-state index contributed by atoms with van der Waals surface area (Å²) < 4.78 is 38.2. The Labute approximate surface area is 113 Å². The first-order valence-electron chi connectivity index (χ1n) is 6.80. The molecule has 0 aliphatic heterocycles. The minimum absolute atomic E-state index is 0.0211. The lowest BCUT2D eigenvalue weighted by molar-refractivity contribution is -0.137. The first-order chi connectivity index (χ1) is 8.90. The summed E-state index contributed by atoms with van der Waals surface area (Å²) in [6, 6.07) is 5.62. The van der Waals surface area contributed by atoms with Crippen LogP contribution in [0.2, 0.25) is 0 Å². The maximum absolute atomic E-state index is 12.7. The second-order valence-corrected chi connectivity index (χ2v) is 4.94. The van der Waals surface area contributed by atoms with Crippen LogP contribution >= 0.6 is 0 Å². The summed E-state index contributed by atoms with van der Waals surface area (Å²) in [7, 11) is 0. The standard InChI is InChI=1S/C15H22F3N/c1-4-9-19-14(11(3)5-2)12-7-6-8-13(10-12)15(16,17)18/h6-8,10-11,14,19H,4-5,9H2,1-3H3. The van der Waals surface area contributed by atoms with Crippen LogP contribution in [-0.2, 0) is 6.18 Å². The van der Waals surface area contributed by atoms with Crippen molar-refractivity contribution < 1.29 is 13.2 Å². The van der Waals surface area contributed by atoms with E-state index in [1.165, 1.54) is 12.1 Å². The van der Waals surface area contributed by atoms with Gasteiger partial charge >= 0.3 is 6.18 Å². The summed E-state index contributed by atoms with van der Waals surface area (Å²) in [4.78, 5) is 0. The first kappa shape index (κ1) is 16.0. The van der Waals surface area contributed by atoms with E-state index < -0.39 is 11.7 Å². The third-order valence-electron chi connectivity index (χ3n) is 3.40. The lowest BCUT2D eigenvalue weighted by Gasteiger charge is -2.25. The second-order valence-electron chi connectivity index (χ2n) is 4.94. The minimum atomic E-state index is -4.28. The van der Waals surface area contributed by atoms with Gasteiger partial charge in [-0.1, -0.05) is 39.3 Å². The SMILES string of the molecule is CCCNC(c1cccc(C(F)(F)F)c1)C(C)CC. The molecular weight excluding hydrogens is 251 g/mol. The Kier molecular flexibility index (Phi) is 5.85. The van der Waals surface area contributed by atoms with E-state index in [2.05, 4.69) is 19.2 Å². The topological polar surface area (TPSA) is 12.0 Å². The Morgan fingerprint density at radius 1 is 1.21 bits per heavy atom. The molecule has 1 aromatic rings. The molecule has 1 rings (SSSR count). The van der Waals surface area contributed by atoms with Crippen LogP contribution in [0, 0.1) is 5.92 Å². The molecule has 2 unspecified atom stereocenters. The maximum Gasteiger partial charge on any atom is 0.416 e. The van der Waals surface area contributed by atoms with E-state index in [1.54, 1.807) is 6.07 Å². The number of nitrogens with one attached hydrogen (secondary N) is 1. The molecule has 0 aliphatic rings. The van der Waals surface area contributed by atoms with Crippen molar-refractivity contribution in [2.45, 2.75) is 45.8 Å². The maximum atomic E-state index is 12.7. The highest BCUT2D eigenvalue weighted by atomic mass is 19.4. The van der Waals surface area contributed by atoms with Gasteiger partial charge in [0.05, 0.1) is 5.56 Å². The van der Waals surface area contributed by atoms with Crippen molar-refractivity contribution in [1.29, 1.82) is 0 Å². The Balaban J connectivity index is 3.01. The summed E-state index contributed by atoms with van der Waals surface area (Å²) in [6.45, 7) is 6.98. The molecule has 1 N–H and O–H groups in total. The lowest BCUT2D eigenvalue weighted by Crippen LogP contribution is -2.27. The average molecular weight is 273 g/mol. The van der Waals surface area contributed by atoms with Gasteiger partial charge in [0.25, 0.3) is 0 Å². The molecule has 4 heteroatoms. The van der Waals surface area contributed by atoms with Crippen molar-refractivity contribution in [2.24, 2.45) is 5.92 Å². The summed E-state index contributed by atoms with van der Waals surface area (Å²) in [6.07, 6.45) is -2.38. The van der Waals surface area contributed by atoms with Crippen LogP contribution in [0.1, 0.15) is 50.8 Å². The molecule has 0 saturated carbocycles. The van der Waals surface area contributed by atoms with Crippen molar-refractivity contribution in [1.82, 2.24) is 5.32 Å². The monoisotopic (exact) mass is 273 g/mol. The summed E-state index contributed by atoms with van der Waals surface area (Å²) in [5.41, 5.74) is 0.147. The van der Waals surface area contributed by atoms with E-state index >= 15 is 0 Å². The molecule has 1 aromatic carbocycles. The van der Waals surface area contributed by atoms with Gasteiger partial charge in [-0.3, -0.25) is 0 Å². The molecule has 1 nitrogen and oxygen atoms in total. The number of hydrogen-bond acceptors (Lipinski definition) is 1. The Morgan fingerprint density at radius 2 is 1.89 bits per heavy atom. The number of hydrogen-bond donors (Lipinski definition) is 1. The van der Waals surface area contributed by atoms with E-state index in [4.69, 9.17) is 0 Å². The van der Waals surface area contributed by atoms with Crippen LogP contribution in [0.4, 0.5) is 13.2 Å². The molecular formula is C15H22F3N. The highest BCUT2D eigenvalue weighted by molar-refractivity contribution is 5.28. The van der Waals surface area contributed by atoms with Crippen LogP contribution in [0.3, 0.4) is 0 Å². The molecule has 0 heterocycles. The average Bonchev–Trinajstić information content (AvgIpc) is 2.38. The third-order valence-corrected chi connectivity index (χ3v) is 3.40. The quantitative estimate of drug-likeness (QED) is 0.785. The number of halogens is 3. The van der Waals surface area contributed by atoms with Gasteiger partial charge in [0, 0.05) is 6.04 Å². The predicted octanol–water partition coefficient (Wildman–Crippen LogP) is 4.79. The molecule has 0 radical (unpaired) electrons. The number of rotatable bonds is 6. The highest BCUT2D eigenvalue weighted by Crippen LogP contribution is 2.32. The third kappa shape index (κ3) is 4.53. The van der Waals surface area contributed by atoms with E-state index in [1.807, 2.05) is 6.92 Å². The van der Waals surface area contributed by atoms with E-state index in [-0.39, 0.29) is 6.04 Å². The number of benzene rings is 1. The smallest absolute Gasteiger partial charge is 0.310 e. The fraction of sp³-hybridized carbons (Fsp3) is 0.600. The highest BCUT2D eigenvalue weighted by Gasteiger charge is 2.31. The molecule has 0 bridgehead atoms. The first-order valence-corrected chi connectivity index (χ1v) is 6.80. The summed E-state index contributed by atoms with van der Waals surface area (Å²) >= 11 is 0. The van der Waals surface area contributed by atoms with Gasteiger partial charge in [0.1, 0.15) is 0 Å². The lowest BCUT2D eigenvalue weighted by atomic mass is 9.91. The molecule has 0 amide bonds. The molecule has 0 aromatic heterocycles. The molecule has 0 fully saturated rings. The van der Waals surface area contributed by atoms with Gasteiger partial charge in [-0.05, 0) is 36.6 Å². The zero-order valence-corrected chi connectivity index (χ0v) is 11.7. The van der Waals surface area contributed by atoms with Crippen LogP contribution in [0.15, 0.2) is 24.3 Å². The predicted molar refractivity (Wildman–Crippen MR) is 71.9 cm³/mol. The Hall–Kier alpha value is -1.03. The Morgan fingerprint density at radius 3 is 2.42 bits per heavy atom. The van der Waals surface area contributed by atoms with E-state index in [0.717, 1.165) is 31.0 Å². The molecule has 0 saturated heterocycles. The fourth-order valence-electron chi connectivity index (χ4n) is 2.09. The van der Waals surface area contributed by atoms with Crippen LogP contribution in [0.25, 0.3) is 0 Å². The second kappa shape index (κ2) is 6.94. The van der Waals surface area contributed by atoms with Gasteiger partial charge in [0.15, 0.2) is 0 Å². The number of alkyl halides is 3. The molecule has 108 valence electrons. The zero-order chi connectivity index (χ0) is 14.5. The summed E-state index contributed by atoms with van der Waals surface area (Å²) in [5, 5.41) is 3.35. The molecule has 0 aliphatic carbocycles. The van der Waals surface area contributed by atoms with Crippen LogP contribution in [-0.4, -0.2) is 6.54 Å². The van der Waals surface area contributed by atoms with Crippen LogP contribution in [0.5, 0.6) is 0 Å². The van der Waals surface area contributed by atoms with Crippen LogP contribution < -0.4 is 5.32 Å². The van der Waals surface area contributed by atoms with Crippen molar-refractivity contribution in [3.63, 3.8) is 0 Å². The normalized spacial score (nSPS) is 15.3. The fourth-order valence-corrected chi connectivity index (χ4v) is 2.09.